The van der Waals surface area contributed by atoms with Crippen LogP contribution in [0.2, 0.25) is 10.0 Å². The van der Waals surface area contributed by atoms with Gasteiger partial charge in [-0.15, -0.1) is 0 Å². The van der Waals surface area contributed by atoms with Crippen LogP contribution in [0, 0.1) is 13.8 Å². The van der Waals surface area contributed by atoms with E-state index in [4.69, 9.17) is 23.2 Å². The third-order valence-electron chi connectivity index (χ3n) is 7.81. The van der Waals surface area contributed by atoms with Crippen LogP contribution in [-0.4, -0.2) is 43.8 Å². The van der Waals surface area contributed by atoms with E-state index in [2.05, 4.69) is 5.32 Å². The smallest absolute Gasteiger partial charge is 0.264 e. The Bertz CT molecular complexity index is 1750. The van der Waals surface area contributed by atoms with E-state index in [9.17, 15) is 18.0 Å². The van der Waals surface area contributed by atoms with Gasteiger partial charge in [-0.25, -0.2) is 8.42 Å². The summed E-state index contributed by atoms with van der Waals surface area (Å²) in [5.41, 5.74) is 3.63. The van der Waals surface area contributed by atoms with Gasteiger partial charge in [0.05, 0.1) is 15.6 Å². The molecular formula is C36H39Cl2N3O4S. The van der Waals surface area contributed by atoms with Crippen molar-refractivity contribution >= 4 is 50.7 Å². The molecule has 4 aromatic carbocycles. The average molecular weight is 681 g/mol. The van der Waals surface area contributed by atoms with Gasteiger partial charge in [0, 0.05) is 24.0 Å². The highest BCUT2D eigenvalue weighted by molar-refractivity contribution is 7.92. The molecule has 242 valence electrons. The zero-order chi connectivity index (χ0) is 33.4. The van der Waals surface area contributed by atoms with Crippen molar-refractivity contribution in [2.75, 3.05) is 10.8 Å². The van der Waals surface area contributed by atoms with Crippen LogP contribution >= 0.6 is 23.2 Å². The lowest BCUT2D eigenvalue weighted by molar-refractivity contribution is -0.140. The van der Waals surface area contributed by atoms with Gasteiger partial charge in [-0.05, 0) is 68.7 Å². The molecular weight excluding hydrogens is 641 g/mol. The maximum Gasteiger partial charge on any atom is 0.264 e. The zero-order valence-electron chi connectivity index (χ0n) is 26.4. The first kappa shape index (κ1) is 35.0. The molecule has 0 aliphatic rings. The highest BCUT2D eigenvalue weighted by Gasteiger charge is 2.35. The van der Waals surface area contributed by atoms with Crippen LogP contribution in [-0.2, 0) is 32.6 Å². The first-order valence-electron chi connectivity index (χ1n) is 15.1. The minimum Gasteiger partial charge on any atom is -0.352 e. The summed E-state index contributed by atoms with van der Waals surface area (Å²) < 4.78 is 29.4. The Morgan fingerprint density at radius 2 is 1.43 bits per heavy atom. The second kappa shape index (κ2) is 15.6. The van der Waals surface area contributed by atoms with Gasteiger partial charge in [0.1, 0.15) is 12.6 Å². The molecule has 0 aliphatic carbocycles. The van der Waals surface area contributed by atoms with Crippen molar-refractivity contribution in [3.05, 3.63) is 129 Å². The van der Waals surface area contributed by atoms with Crippen molar-refractivity contribution in [3.8, 4) is 0 Å². The standard InChI is InChI=1S/C36H39Cl2N3O4S/c1-5-27(4)39-36(43)34(21-28-9-7-6-8-10-28)40(23-29-15-11-25(2)12-16-29)35(42)24-41(33-22-30(37)17-20-32(33)38)46(44,45)31-18-13-26(3)14-19-31/h6-20,22,27,34H,5,21,23-24H2,1-4H3,(H,39,43)/t27-,34-/m0/s1. The maximum atomic E-state index is 14.6. The van der Waals surface area contributed by atoms with Crippen molar-refractivity contribution in [2.24, 2.45) is 0 Å². The fourth-order valence-corrected chi connectivity index (χ4v) is 6.77. The summed E-state index contributed by atoms with van der Waals surface area (Å²) >= 11 is 12.9. The average Bonchev–Trinajstić information content (AvgIpc) is 3.04. The van der Waals surface area contributed by atoms with Crippen LogP contribution in [0.5, 0.6) is 0 Å². The van der Waals surface area contributed by atoms with E-state index >= 15 is 0 Å². The number of amides is 2. The first-order chi connectivity index (χ1) is 21.9. The van der Waals surface area contributed by atoms with Crippen molar-refractivity contribution < 1.29 is 18.0 Å². The van der Waals surface area contributed by atoms with E-state index in [0.717, 1.165) is 26.6 Å². The quantitative estimate of drug-likeness (QED) is 0.160. The van der Waals surface area contributed by atoms with Crippen LogP contribution < -0.4 is 9.62 Å². The van der Waals surface area contributed by atoms with Crippen molar-refractivity contribution in [3.63, 3.8) is 0 Å². The van der Waals surface area contributed by atoms with E-state index in [0.29, 0.717) is 6.42 Å². The number of nitrogens with one attached hydrogen (secondary N) is 1. The third-order valence-corrected chi connectivity index (χ3v) is 10.1. The van der Waals surface area contributed by atoms with Crippen LogP contribution in [0.1, 0.15) is 42.5 Å². The molecule has 4 rings (SSSR count). The molecule has 0 heterocycles. The molecule has 0 saturated carbocycles. The summed E-state index contributed by atoms with van der Waals surface area (Å²) in [6, 6.07) is 26.8. The number of carbonyl (C=O) groups is 2. The number of halogens is 2. The fraction of sp³-hybridized carbons (Fsp3) is 0.278. The van der Waals surface area contributed by atoms with Crippen molar-refractivity contribution in [2.45, 2.75) is 64.1 Å². The van der Waals surface area contributed by atoms with Gasteiger partial charge in [0.2, 0.25) is 11.8 Å². The van der Waals surface area contributed by atoms with Gasteiger partial charge in [-0.3, -0.25) is 13.9 Å². The first-order valence-corrected chi connectivity index (χ1v) is 17.3. The highest BCUT2D eigenvalue weighted by atomic mass is 35.5. The molecule has 2 atom stereocenters. The van der Waals surface area contributed by atoms with Gasteiger partial charge in [0.25, 0.3) is 10.0 Å². The van der Waals surface area contributed by atoms with E-state index in [-0.39, 0.29) is 45.5 Å². The molecule has 0 aromatic heterocycles. The Morgan fingerprint density at radius 3 is 2.04 bits per heavy atom. The highest BCUT2D eigenvalue weighted by Crippen LogP contribution is 2.33. The molecule has 0 bridgehead atoms. The summed E-state index contributed by atoms with van der Waals surface area (Å²) in [5.74, 6) is -0.903. The topological polar surface area (TPSA) is 86.8 Å². The molecule has 0 radical (unpaired) electrons. The predicted octanol–water partition coefficient (Wildman–Crippen LogP) is 7.36. The summed E-state index contributed by atoms with van der Waals surface area (Å²) in [7, 11) is -4.30. The van der Waals surface area contributed by atoms with Crippen LogP contribution in [0.4, 0.5) is 5.69 Å². The number of benzene rings is 4. The zero-order valence-corrected chi connectivity index (χ0v) is 28.7. The number of sulfonamides is 1. The summed E-state index contributed by atoms with van der Waals surface area (Å²) in [4.78, 5) is 30.0. The molecule has 0 aliphatic heterocycles. The summed E-state index contributed by atoms with van der Waals surface area (Å²) in [6.45, 7) is 7.14. The molecule has 10 heteroatoms. The number of carbonyl (C=O) groups excluding carboxylic acids is 2. The number of rotatable bonds is 13. The van der Waals surface area contributed by atoms with E-state index in [1.54, 1.807) is 18.2 Å². The van der Waals surface area contributed by atoms with E-state index < -0.39 is 28.5 Å². The largest absolute Gasteiger partial charge is 0.352 e. The number of hydrogen-bond acceptors (Lipinski definition) is 4. The molecule has 4 aromatic rings. The van der Waals surface area contributed by atoms with Crippen LogP contribution in [0.25, 0.3) is 0 Å². The summed E-state index contributed by atoms with van der Waals surface area (Å²) in [6.07, 6.45) is 0.925. The Hall–Kier alpha value is -3.85. The van der Waals surface area contributed by atoms with Gasteiger partial charge in [-0.1, -0.05) is 108 Å². The minimum atomic E-state index is -4.30. The predicted molar refractivity (Wildman–Crippen MR) is 186 cm³/mol. The number of hydrogen-bond donors (Lipinski definition) is 1. The fourth-order valence-electron chi connectivity index (χ4n) is 4.91. The molecule has 0 unspecified atom stereocenters. The second-order valence-corrected chi connectivity index (χ2v) is 14.2. The minimum absolute atomic E-state index is 0.0117. The molecule has 46 heavy (non-hydrogen) atoms. The molecule has 7 nitrogen and oxygen atoms in total. The number of aryl methyl sites for hydroxylation is 2. The Balaban J connectivity index is 1.83. The third kappa shape index (κ3) is 8.90. The van der Waals surface area contributed by atoms with Crippen LogP contribution in [0.3, 0.4) is 0 Å². The second-order valence-electron chi connectivity index (χ2n) is 11.5. The lowest BCUT2D eigenvalue weighted by Gasteiger charge is -2.34. The van der Waals surface area contributed by atoms with Gasteiger partial charge >= 0.3 is 0 Å². The van der Waals surface area contributed by atoms with Crippen molar-refractivity contribution in [1.82, 2.24) is 10.2 Å². The van der Waals surface area contributed by atoms with Gasteiger partial charge in [0.15, 0.2) is 0 Å². The monoisotopic (exact) mass is 679 g/mol. The van der Waals surface area contributed by atoms with E-state index in [1.807, 2.05) is 82.3 Å². The molecule has 0 spiro atoms. The Labute approximate surface area is 282 Å². The van der Waals surface area contributed by atoms with Crippen LogP contribution in [0.15, 0.2) is 102 Å². The molecule has 1 N–H and O–H groups in total. The SMILES string of the molecule is CC[C@H](C)NC(=O)[C@H](Cc1ccccc1)N(Cc1ccc(C)cc1)C(=O)CN(c1cc(Cl)ccc1Cl)S(=O)(=O)c1ccc(C)cc1. The molecule has 0 saturated heterocycles. The molecule has 0 fully saturated rings. The lowest BCUT2D eigenvalue weighted by atomic mass is 10.0. The normalized spacial score (nSPS) is 12.7. The van der Waals surface area contributed by atoms with E-state index in [1.165, 1.54) is 29.2 Å². The Kier molecular flexibility index (Phi) is 11.9. The van der Waals surface area contributed by atoms with Crippen molar-refractivity contribution in [1.29, 1.82) is 0 Å². The Morgan fingerprint density at radius 1 is 0.826 bits per heavy atom. The number of anilines is 1. The van der Waals surface area contributed by atoms with Gasteiger partial charge in [-0.2, -0.15) is 0 Å². The van der Waals surface area contributed by atoms with Gasteiger partial charge < -0.3 is 10.2 Å². The number of nitrogens with zero attached hydrogens (tertiary/aromatic N) is 2. The molecule has 2 amide bonds. The lowest BCUT2D eigenvalue weighted by Crippen LogP contribution is -2.54. The maximum absolute atomic E-state index is 14.6. The summed E-state index contributed by atoms with van der Waals surface area (Å²) in [5, 5.41) is 3.40.